The summed E-state index contributed by atoms with van der Waals surface area (Å²) in [7, 11) is 0. The first-order valence-electron chi connectivity index (χ1n) is 9.04. The molecule has 3 aromatic carbocycles. The van der Waals surface area contributed by atoms with E-state index < -0.39 is 29.2 Å². The molecule has 148 valence electrons. The Balaban J connectivity index is 1.45. The van der Waals surface area contributed by atoms with Gasteiger partial charge in [0.05, 0.1) is 16.1 Å². The van der Waals surface area contributed by atoms with Crippen LogP contribution >= 0.6 is 0 Å². The Morgan fingerprint density at radius 1 is 0.867 bits per heavy atom. The van der Waals surface area contributed by atoms with Crippen molar-refractivity contribution in [1.29, 1.82) is 0 Å². The molecule has 0 fully saturated rings. The van der Waals surface area contributed by atoms with Crippen molar-refractivity contribution in [3.8, 4) is 11.1 Å². The summed E-state index contributed by atoms with van der Waals surface area (Å²) in [4.78, 5) is 48.3. The highest BCUT2D eigenvalue weighted by Gasteiger charge is 2.37. The van der Waals surface area contributed by atoms with Gasteiger partial charge in [0.15, 0.2) is 0 Å². The second-order valence-corrected chi connectivity index (χ2v) is 6.67. The Morgan fingerprint density at radius 3 is 2.17 bits per heavy atom. The van der Waals surface area contributed by atoms with Crippen LogP contribution in [0.15, 0.2) is 72.8 Å². The van der Waals surface area contributed by atoms with Gasteiger partial charge in [-0.1, -0.05) is 42.5 Å². The highest BCUT2D eigenvalue weighted by molar-refractivity contribution is 6.23. The summed E-state index contributed by atoms with van der Waals surface area (Å²) in [5, 5.41) is 13.5. The largest absolute Gasteiger partial charge is 0.325 e. The van der Waals surface area contributed by atoms with E-state index in [1.165, 1.54) is 6.07 Å². The van der Waals surface area contributed by atoms with Gasteiger partial charge in [-0.05, 0) is 29.3 Å². The Morgan fingerprint density at radius 2 is 1.50 bits per heavy atom. The SMILES string of the molecule is O=C(CN1C(=O)c2ccc([N+](=O)[O-])cc2C1=O)Nc1ccc(-c2ccccc2)cc1. The van der Waals surface area contributed by atoms with Gasteiger partial charge in [-0.2, -0.15) is 0 Å². The van der Waals surface area contributed by atoms with Crippen molar-refractivity contribution >= 4 is 29.1 Å². The van der Waals surface area contributed by atoms with Crippen LogP contribution in [0.1, 0.15) is 20.7 Å². The van der Waals surface area contributed by atoms with Gasteiger partial charge in [0.2, 0.25) is 5.91 Å². The summed E-state index contributed by atoms with van der Waals surface area (Å²) in [5.41, 5.74) is 2.22. The van der Waals surface area contributed by atoms with Gasteiger partial charge in [0, 0.05) is 17.8 Å². The number of non-ortho nitro benzene ring substituents is 1. The molecule has 8 heteroatoms. The standard InChI is InChI=1S/C22H15N3O5/c26-20(23-16-8-6-15(7-9-16)14-4-2-1-3-5-14)13-24-21(27)18-11-10-17(25(29)30)12-19(18)22(24)28/h1-12H,13H2,(H,23,26). The number of imide groups is 1. The van der Waals surface area contributed by atoms with Crippen molar-refractivity contribution in [2.24, 2.45) is 0 Å². The number of hydrogen-bond acceptors (Lipinski definition) is 5. The van der Waals surface area contributed by atoms with Gasteiger partial charge in [0.25, 0.3) is 17.5 Å². The third-order valence-electron chi connectivity index (χ3n) is 4.74. The number of nitrogens with one attached hydrogen (secondary N) is 1. The zero-order valence-electron chi connectivity index (χ0n) is 15.6. The summed E-state index contributed by atoms with van der Waals surface area (Å²) in [6, 6.07) is 20.3. The van der Waals surface area contributed by atoms with Gasteiger partial charge in [-0.15, -0.1) is 0 Å². The molecular formula is C22H15N3O5. The molecular weight excluding hydrogens is 386 g/mol. The minimum absolute atomic E-state index is 0.0469. The van der Waals surface area contributed by atoms with Gasteiger partial charge in [-0.3, -0.25) is 29.4 Å². The maximum Gasteiger partial charge on any atom is 0.270 e. The fourth-order valence-electron chi connectivity index (χ4n) is 3.26. The van der Waals surface area contributed by atoms with Crippen molar-refractivity contribution < 1.29 is 19.3 Å². The molecule has 1 aliphatic rings. The van der Waals surface area contributed by atoms with Gasteiger partial charge >= 0.3 is 0 Å². The Labute approximate surface area is 170 Å². The van der Waals surface area contributed by atoms with Crippen LogP contribution in [-0.2, 0) is 4.79 Å². The Kier molecular flexibility index (Phi) is 4.81. The molecule has 8 nitrogen and oxygen atoms in total. The van der Waals surface area contributed by atoms with E-state index in [9.17, 15) is 24.5 Å². The molecule has 1 heterocycles. The Hall–Kier alpha value is -4.33. The van der Waals surface area contributed by atoms with E-state index in [0.717, 1.165) is 28.2 Å². The van der Waals surface area contributed by atoms with Crippen LogP contribution < -0.4 is 5.32 Å². The lowest BCUT2D eigenvalue weighted by molar-refractivity contribution is -0.384. The summed E-state index contributed by atoms with van der Waals surface area (Å²) in [6.45, 7) is -0.486. The fourth-order valence-corrected chi connectivity index (χ4v) is 3.26. The van der Waals surface area contributed by atoms with Crippen molar-refractivity contribution in [3.05, 3.63) is 94.0 Å². The number of anilines is 1. The molecule has 1 N–H and O–H groups in total. The van der Waals surface area contributed by atoms with Gasteiger partial charge in [0.1, 0.15) is 6.54 Å². The summed E-state index contributed by atoms with van der Waals surface area (Å²) < 4.78 is 0. The van der Waals surface area contributed by atoms with Crippen LogP contribution in [0.2, 0.25) is 0 Å². The molecule has 0 aliphatic carbocycles. The van der Waals surface area contributed by atoms with E-state index in [0.29, 0.717) is 5.69 Å². The molecule has 30 heavy (non-hydrogen) atoms. The molecule has 1 aliphatic heterocycles. The molecule has 0 spiro atoms. The predicted octanol–water partition coefficient (Wildman–Crippen LogP) is 3.50. The first kappa shape index (κ1) is 19.0. The molecule has 0 aromatic heterocycles. The number of nitro groups is 1. The average molecular weight is 401 g/mol. The molecule has 3 aromatic rings. The van der Waals surface area contributed by atoms with Gasteiger partial charge in [-0.25, -0.2) is 0 Å². The number of fused-ring (bicyclic) bond motifs is 1. The van der Waals surface area contributed by atoms with Crippen LogP contribution in [0.3, 0.4) is 0 Å². The zero-order chi connectivity index (χ0) is 21.3. The van der Waals surface area contributed by atoms with E-state index in [1.807, 2.05) is 42.5 Å². The number of nitro benzene ring substituents is 1. The number of nitrogens with zero attached hydrogens (tertiary/aromatic N) is 2. The number of benzene rings is 3. The number of carbonyl (C=O) groups excluding carboxylic acids is 3. The smallest absolute Gasteiger partial charge is 0.270 e. The summed E-state index contributed by atoms with van der Waals surface area (Å²) in [6.07, 6.45) is 0. The summed E-state index contributed by atoms with van der Waals surface area (Å²) >= 11 is 0. The fraction of sp³-hybridized carbons (Fsp3) is 0.0455. The Bertz CT molecular complexity index is 1170. The molecule has 0 radical (unpaired) electrons. The van der Waals surface area contributed by atoms with E-state index >= 15 is 0 Å². The second kappa shape index (κ2) is 7.59. The van der Waals surface area contributed by atoms with Crippen molar-refractivity contribution in [1.82, 2.24) is 4.90 Å². The first-order chi connectivity index (χ1) is 14.4. The number of hydrogen-bond donors (Lipinski definition) is 1. The molecule has 0 unspecified atom stereocenters. The van der Waals surface area contributed by atoms with Crippen LogP contribution in [0.4, 0.5) is 11.4 Å². The lowest BCUT2D eigenvalue weighted by Gasteiger charge is -2.13. The van der Waals surface area contributed by atoms with Crippen molar-refractivity contribution in [2.75, 3.05) is 11.9 Å². The van der Waals surface area contributed by atoms with E-state index in [2.05, 4.69) is 5.32 Å². The van der Waals surface area contributed by atoms with Crippen LogP contribution in [0, 0.1) is 10.1 Å². The van der Waals surface area contributed by atoms with Crippen LogP contribution in [-0.4, -0.2) is 34.1 Å². The minimum Gasteiger partial charge on any atom is -0.325 e. The third-order valence-corrected chi connectivity index (χ3v) is 4.74. The molecule has 0 saturated heterocycles. The molecule has 0 saturated carbocycles. The lowest BCUT2D eigenvalue weighted by atomic mass is 10.1. The van der Waals surface area contributed by atoms with Crippen LogP contribution in [0.25, 0.3) is 11.1 Å². The number of amides is 3. The first-order valence-corrected chi connectivity index (χ1v) is 9.04. The van der Waals surface area contributed by atoms with Crippen molar-refractivity contribution in [2.45, 2.75) is 0 Å². The predicted molar refractivity (Wildman–Crippen MR) is 109 cm³/mol. The lowest BCUT2D eigenvalue weighted by Crippen LogP contribution is -2.37. The number of rotatable bonds is 5. The normalized spacial score (nSPS) is 12.6. The quantitative estimate of drug-likeness (QED) is 0.400. The van der Waals surface area contributed by atoms with E-state index in [-0.39, 0.29) is 16.8 Å². The minimum atomic E-state index is -0.728. The number of carbonyl (C=O) groups is 3. The van der Waals surface area contributed by atoms with Crippen molar-refractivity contribution in [3.63, 3.8) is 0 Å². The molecule has 0 atom stereocenters. The molecule has 3 amide bonds. The van der Waals surface area contributed by atoms with E-state index in [4.69, 9.17) is 0 Å². The summed E-state index contributed by atoms with van der Waals surface area (Å²) in [5.74, 6) is -1.93. The highest BCUT2D eigenvalue weighted by atomic mass is 16.6. The highest BCUT2D eigenvalue weighted by Crippen LogP contribution is 2.27. The topological polar surface area (TPSA) is 110 Å². The molecule has 4 rings (SSSR count). The second-order valence-electron chi connectivity index (χ2n) is 6.67. The van der Waals surface area contributed by atoms with Crippen LogP contribution in [0.5, 0.6) is 0 Å². The maximum atomic E-state index is 12.5. The van der Waals surface area contributed by atoms with E-state index in [1.54, 1.807) is 12.1 Å². The maximum absolute atomic E-state index is 12.5. The van der Waals surface area contributed by atoms with Gasteiger partial charge < -0.3 is 5.32 Å². The third kappa shape index (κ3) is 3.53. The monoisotopic (exact) mass is 401 g/mol. The zero-order valence-corrected chi connectivity index (χ0v) is 15.6. The molecule has 0 bridgehead atoms. The average Bonchev–Trinajstić information content (AvgIpc) is 2.99.